The number of thioether (sulfide) groups is 1. The van der Waals surface area contributed by atoms with Gasteiger partial charge in [-0.3, -0.25) is 4.79 Å². The van der Waals surface area contributed by atoms with Crippen molar-refractivity contribution in [3.8, 4) is 0 Å². The molecule has 2 rings (SSSR count). The minimum atomic E-state index is -1.11. The summed E-state index contributed by atoms with van der Waals surface area (Å²) in [4.78, 5) is 24.6. The normalized spacial score (nSPS) is 29.4. The van der Waals surface area contributed by atoms with Crippen LogP contribution in [-0.2, 0) is 9.59 Å². The van der Waals surface area contributed by atoms with E-state index in [4.69, 9.17) is 0 Å². The standard InChI is InChI=1S/C11H17NO3S/c1-2-3-9-12(10(13)7-4-5-7)8(6-16-9)11(14)15/h7-9H,2-6H2,1H3,(H,14,15)/p-1/t8-,9+/m0/s1. The average Bonchev–Trinajstić information content (AvgIpc) is 2.99. The van der Waals surface area contributed by atoms with Gasteiger partial charge in [-0.25, -0.2) is 0 Å². The van der Waals surface area contributed by atoms with E-state index in [0.717, 1.165) is 25.7 Å². The highest BCUT2D eigenvalue weighted by Crippen LogP contribution is 2.38. The van der Waals surface area contributed by atoms with E-state index in [1.807, 2.05) is 6.92 Å². The Balaban J connectivity index is 2.10. The van der Waals surface area contributed by atoms with Crippen molar-refractivity contribution in [2.24, 2.45) is 5.92 Å². The lowest BCUT2D eigenvalue weighted by atomic mass is 10.2. The highest BCUT2D eigenvalue weighted by Gasteiger charge is 2.43. The maximum atomic E-state index is 12.0. The molecule has 0 radical (unpaired) electrons. The van der Waals surface area contributed by atoms with Gasteiger partial charge < -0.3 is 14.8 Å². The zero-order chi connectivity index (χ0) is 11.7. The Morgan fingerprint density at radius 3 is 2.62 bits per heavy atom. The van der Waals surface area contributed by atoms with Crippen LogP contribution >= 0.6 is 11.8 Å². The van der Waals surface area contributed by atoms with Crippen LogP contribution in [-0.4, -0.2) is 33.9 Å². The van der Waals surface area contributed by atoms with Crippen molar-refractivity contribution < 1.29 is 14.7 Å². The fraction of sp³-hybridized carbons (Fsp3) is 0.818. The molecule has 90 valence electrons. The summed E-state index contributed by atoms with van der Waals surface area (Å²) in [5.41, 5.74) is 0. The molecule has 1 aliphatic carbocycles. The fourth-order valence-electron chi connectivity index (χ4n) is 2.05. The van der Waals surface area contributed by atoms with Crippen LogP contribution in [0.3, 0.4) is 0 Å². The third kappa shape index (κ3) is 2.19. The van der Waals surface area contributed by atoms with Crippen molar-refractivity contribution in [1.82, 2.24) is 4.90 Å². The number of carboxylic acids is 1. The van der Waals surface area contributed by atoms with E-state index in [1.165, 1.54) is 0 Å². The first-order valence-electron chi connectivity index (χ1n) is 5.79. The highest BCUT2D eigenvalue weighted by molar-refractivity contribution is 8.00. The Morgan fingerprint density at radius 1 is 1.44 bits per heavy atom. The largest absolute Gasteiger partial charge is 0.548 e. The number of carboxylic acid groups (broad SMARTS) is 1. The van der Waals surface area contributed by atoms with Crippen LogP contribution in [0.5, 0.6) is 0 Å². The van der Waals surface area contributed by atoms with Gasteiger partial charge in [-0.05, 0) is 19.3 Å². The molecule has 1 amide bonds. The monoisotopic (exact) mass is 242 g/mol. The third-order valence-electron chi connectivity index (χ3n) is 3.08. The molecule has 5 heteroatoms. The molecule has 0 unspecified atom stereocenters. The van der Waals surface area contributed by atoms with Gasteiger partial charge >= 0.3 is 0 Å². The number of carbonyl (C=O) groups excluding carboxylic acids is 2. The molecule has 0 spiro atoms. The van der Waals surface area contributed by atoms with Gasteiger partial charge in [0.15, 0.2) is 0 Å². The number of carbonyl (C=O) groups is 2. The molecule has 1 saturated heterocycles. The molecule has 2 aliphatic rings. The minimum absolute atomic E-state index is 0.0256. The van der Waals surface area contributed by atoms with E-state index in [2.05, 4.69) is 0 Å². The first kappa shape index (κ1) is 11.8. The molecule has 1 aliphatic heterocycles. The lowest BCUT2D eigenvalue weighted by molar-refractivity contribution is -0.310. The summed E-state index contributed by atoms with van der Waals surface area (Å²) in [5, 5.41) is 11.0. The first-order valence-corrected chi connectivity index (χ1v) is 6.84. The van der Waals surface area contributed by atoms with Crippen LogP contribution in [0, 0.1) is 5.92 Å². The molecule has 0 N–H and O–H groups in total. The van der Waals surface area contributed by atoms with E-state index in [-0.39, 0.29) is 17.2 Å². The third-order valence-corrected chi connectivity index (χ3v) is 4.44. The van der Waals surface area contributed by atoms with Crippen molar-refractivity contribution >= 4 is 23.6 Å². The average molecular weight is 242 g/mol. The predicted molar refractivity (Wildman–Crippen MR) is 59.5 cm³/mol. The van der Waals surface area contributed by atoms with E-state index in [9.17, 15) is 14.7 Å². The Kier molecular flexibility index (Phi) is 3.42. The van der Waals surface area contributed by atoms with Gasteiger partial charge in [0.25, 0.3) is 0 Å². The molecule has 16 heavy (non-hydrogen) atoms. The quantitative estimate of drug-likeness (QED) is 0.707. The summed E-state index contributed by atoms with van der Waals surface area (Å²) >= 11 is 1.57. The lowest BCUT2D eigenvalue weighted by Crippen LogP contribution is -2.51. The van der Waals surface area contributed by atoms with Gasteiger partial charge in [-0.1, -0.05) is 13.3 Å². The zero-order valence-corrected chi connectivity index (χ0v) is 10.2. The molecular weight excluding hydrogens is 226 g/mol. The number of nitrogens with zero attached hydrogens (tertiary/aromatic N) is 1. The zero-order valence-electron chi connectivity index (χ0n) is 9.35. The molecule has 1 saturated carbocycles. The van der Waals surface area contributed by atoms with Crippen molar-refractivity contribution in [2.75, 3.05) is 5.75 Å². The Bertz CT molecular complexity index is 304. The Labute approximate surface area is 99.4 Å². The molecule has 1 heterocycles. The first-order chi connectivity index (χ1) is 7.65. The van der Waals surface area contributed by atoms with Gasteiger partial charge in [0, 0.05) is 11.7 Å². The molecular formula is C11H16NO3S-. The predicted octanol–water partition coefficient (Wildman–Crippen LogP) is 0.216. The minimum Gasteiger partial charge on any atom is -0.548 e. The van der Waals surface area contributed by atoms with Gasteiger partial charge in [0.1, 0.15) is 0 Å². The van der Waals surface area contributed by atoms with Crippen LogP contribution in [0.2, 0.25) is 0 Å². The van der Waals surface area contributed by atoms with Crippen molar-refractivity contribution in [3.63, 3.8) is 0 Å². The Morgan fingerprint density at radius 2 is 2.12 bits per heavy atom. The maximum absolute atomic E-state index is 12.0. The second kappa shape index (κ2) is 4.65. The van der Waals surface area contributed by atoms with Crippen LogP contribution < -0.4 is 5.11 Å². The summed E-state index contributed by atoms with van der Waals surface area (Å²) in [5.74, 6) is -0.525. The summed E-state index contributed by atoms with van der Waals surface area (Å²) in [6, 6.07) is -0.713. The second-order valence-corrected chi connectivity index (χ2v) is 5.64. The van der Waals surface area contributed by atoms with Crippen LogP contribution in [0.15, 0.2) is 0 Å². The molecule has 0 bridgehead atoms. The molecule has 2 fully saturated rings. The van der Waals surface area contributed by atoms with Crippen molar-refractivity contribution in [3.05, 3.63) is 0 Å². The van der Waals surface area contributed by atoms with Crippen molar-refractivity contribution in [2.45, 2.75) is 44.0 Å². The smallest absolute Gasteiger partial charge is 0.227 e. The van der Waals surface area contributed by atoms with E-state index in [0.29, 0.717) is 5.75 Å². The summed E-state index contributed by atoms with van der Waals surface area (Å²) in [7, 11) is 0. The SMILES string of the molecule is CCC[C@H]1SC[C@@H](C(=O)[O-])N1C(=O)C1CC1. The van der Waals surface area contributed by atoms with E-state index >= 15 is 0 Å². The highest BCUT2D eigenvalue weighted by atomic mass is 32.2. The number of hydrogen-bond acceptors (Lipinski definition) is 4. The van der Waals surface area contributed by atoms with E-state index in [1.54, 1.807) is 16.7 Å². The number of aliphatic carboxylic acids is 1. The van der Waals surface area contributed by atoms with Crippen molar-refractivity contribution in [1.29, 1.82) is 0 Å². The number of hydrogen-bond donors (Lipinski definition) is 0. The Hall–Kier alpha value is -0.710. The van der Waals surface area contributed by atoms with Crippen LogP contribution in [0.4, 0.5) is 0 Å². The summed E-state index contributed by atoms with van der Waals surface area (Å²) < 4.78 is 0. The van der Waals surface area contributed by atoms with Gasteiger partial charge in [0.05, 0.1) is 17.4 Å². The molecule has 0 aromatic rings. The number of amides is 1. The molecule has 2 atom stereocenters. The number of rotatable bonds is 4. The van der Waals surface area contributed by atoms with E-state index < -0.39 is 12.0 Å². The molecule has 0 aromatic carbocycles. The summed E-state index contributed by atoms with van der Waals surface area (Å²) in [6.07, 6.45) is 3.66. The summed E-state index contributed by atoms with van der Waals surface area (Å²) in [6.45, 7) is 2.05. The van der Waals surface area contributed by atoms with Gasteiger partial charge in [0.2, 0.25) is 5.91 Å². The van der Waals surface area contributed by atoms with Crippen LogP contribution in [0.25, 0.3) is 0 Å². The topological polar surface area (TPSA) is 60.4 Å². The fourth-order valence-corrected chi connectivity index (χ4v) is 3.57. The van der Waals surface area contributed by atoms with Gasteiger partial charge in [-0.2, -0.15) is 0 Å². The molecule has 0 aromatic heterocycles. The second-order valence-electron chi connectivity index (χ2n) is 4.43. The maximum Gasteiger partial charge on any atom is 0.227 e. The van der Waals surface area contributed by atoms with Crippen LogP contribution in [0.1, 0.15) is 32.6 Å². The molecule has 4 nitrogen and oxygen atoms in total. The van der Waals surface area contributed by atoms with Gasteiger partial charge in [-0.15, -0.1) is 11.8 Å². The lowest BCUT2D eigenvalue weighted by Gasteiger charge is -2.30.